The lowest BCUT2D eigenvalue weighted by Gasteiger charge is -2.02. The first-order valence-corrected chi connectivity index (χ1v) is 4.62. The van der Waals surface area contributed by atoms with Gasteiger partial charge >= 0.3 is 0 Å². The predicted octanol–water partition coefficient (Wildman–Crippen LogP) is 1.60. The molecule has 1 rings (SSSR count). The van der Waals surface area contributed by atoms with Gasteiger partial charge in [0, 0.05) is 12.1 Å². The molecule has 7 heteroatoms. The van der Waals surface area contributed by atoms with Crippen LogP contribution in [-0.4, -0.2) is 8.42 Å². The van der Waals surface area contributed by atoms with E-state index in [2.05, 4.69) is 11.3 Å². The van der Waals surface area contributed by atoms with Crippen molar-refractivity contribution in [3.05, 3.63) is 36.7 Å². The van der Waals surface area contributed by atoms with Crippen LogP contribution in [0.25, 0.3) is 0 Å². The van der Waals surface area contributed by atoms with Crippen LogP contribution in [0.2, 0.25) is 0 Å². The second-order valence-electron chi connectivity index (χ2n) is 2.27. The summed E-state index contributed by atoms with van der Waals surface area (Å²) < 4.78 is 63.2. The van der Waals surface area contributed by atoms with E-state index >= 15 is 0 Å². The van der Waals surface area contributed by atoms with Gasteiger partial charge in [-0.3, -0.25) is 4.18 Å². The molecule has 1 radical (unpaired) electrons. The quantitative estimate of drug-likeness (QED) is 0.567. The number of rotatable bonds is 2. The average Bonchev–Trinajstić information content (AvgIpc) is 2.11. The van der Waals surface area contributed by atoms with E-state index in [1.807, 2.05) is 0 Å². The molecule has 0 bridgehead atoms. The Morgan fingerprint density at radius 3 is 2.07 bits per heavy atom. The third-order valence-electron chi connectivity index (χ3n) is 1.40. The van der Waals surface area contributed by atoms with Gasteiger partial charge in [0.2, 0.25) is 0 Å². The van der Waals surface area contributed by atoms with E-state index in [9.17, 15) is 21.6 Å². The molecule has 1 aromatic rings. The fraction of sp³-hybridized carbons (Fsp3) is 0. The zero-order chi connectivity index (χ0) is 10.9. The van der Waals surface area contributed by atoms with Crippen LogP contribution in [0.3, 0.4) is 0 Å². The molecular formula is C7H4F3O3S. The Kier molecular flexibility index (Phi) is 2.81. The first-order valence-electron chi connectivity index (χ1n) is 3.21. The van der Waals surface area contributed by atoms with Crippen LogP contribution in [0.4, 0.5) is 13.2 Å². The number of halogens is 3. The van der Waals surface area contributed by atoms with Crippen molar-refractivity contribution in [2.24, 2.45) is 0 Å². The van der Waals surface area contributed by atoms with Gasteiger partial charge in [0.1, 0.15) is 10.7 Å². The van der Waals surface area contributed by atoms with E-state index in [-0.39, 0.29) is 12.1 Å². The lowest BCUT2D eigenvalue weighted by Crippen LogP contribution is -2.06. The van der Waals surface area contributed by atoms with Crippen molar-refractivity contribution < 1.29 is 25.8 Å². The largest absolute Gasteiger partial charge is 0.300 e. The SMILES string of the molecule is [CH2]OS(=O)(=O)c1cc(F)c(F)cc1F. The van der Waals surface area contributed by atoms with Gasteiger partial charge in [-0.25, -0.2) is 13.2 Å². The fourth-order valence-electron chi connectivity index (χ4n) is 0.759. The molecule has 0 atom stereocenters. The highest BCUT2D eigenvalue weighted by Crippen LogP contribution is 2.19. The molecule has 0 spiro atoms. The van der Waals surface area contributed by atoms with Gasteiger partial charge in [0.25, 0.3) is 10.1 Å². The maximum absolute atomic E-state index is 12.8. The highest BCUT2D eigenvalue weighted by Gasteiger charge is 2.21. The summed E-state index contributed by atoms with van der Waals surface area (Å²) in [6.45, 7) is 0. The summed E-state index contributed by atoms with van der Waals surface area (Å²) in [6.07, 6.45) is 0. The van der Waals surface area contributed by atoms with E-state index < -0.39 is 32.5 Å². The van der Waals surface area contributed by atoms with Crippen LogP contribution >= 0.6 is 0 Å². The lowest BCUT2D eigenvalue weighted by molar-refractivity contribution is 0.426. The topological polar surface area (TPSA) is 43.4 Å². The fourth-order valence-corrected chi connectivity index (χ4v) is 1.43. The predicted molar refractivity (Wildman–Crippen MR) is 39.9 cm³/mol. The molecule has 0 unspecified atom stereocenters. The first-order chi connectivity index (χ1) is 6.38. The van der Waals surface area contributed by atoms with E-state index in [4.69, 9.17) is 0 Å². The number of hydrogen-bond acceptors (Lipinski definition) is 3. The van der Waals surface area contributed by atoms with Crippen molar-refractivity contribution in [3.63, 3.8) is 0 Å². The molecular weight excluding hydrogens is 221 g/mol. The minimum Gasteiger partial charge on any atom is -0.264 e. The number of benzene rings is 1. The molecule has 0 aliphatic rings. The smallest absolute Gasteiger partial charge is 0.264 e. The van der Waals surface area contributed by atoms with Crippen LogP contribution in [0.15, 0.2) is 17.0 Å². The molecule has 77 valence electrons. The average molecular weight is 225 g/mol. The van der Waals surface area contributed by atoms with Gasteiger partial charge in [-0.1, -0.05) is 0 Å². The second kappa shape index (κ2) is 3.58. The summed E-state index contributed by atoms with van der Waals surface area (Å²) in [5.41, 5.74) is 0. The first kappa shape index (κ1) is 11.0. The Bertz CT molecular complexity index is 455. The molecule has 14 heavy (non-hydrogen) atoms. The highest BCUT2D eigenvalue weighted by molar-refractivity contribution is 7.86. The molecule has 0 aromatic heterocycles. The van der Waals surface area contributed by atoms with Crippen LogP contribution < -0.4 is 0 Å². The normalized spacial score (nSPS) is 11.7. The van der Waals surface area contributed by atoms with E-state index in [1.165, 1.54) is 0 Å². The van der Waals surface area contributed by atoms with Gasteiger partial charge in [0.05, 0.1) is 7.11 Å². The molecule has 0 saturated carbocycles. The van der Waals surface area contributed by atoms with Crippen molar-refractivity contribution in [2.45, 2.75) is 4.90 Å². The lowest BCUT2D eigenvalue weighted by atomic mass is 10.3. The minimum atomic E-state index is -4.46. The maximum atomic E-state index is 12.8. The third kappa shape index (κ3) is 1.88. The summed E-state index contributed by atoms with van der Waals surface area (Å²) in [7, 11) is -1.90. The van der Waals surface area contributed by atoms with Gasteiger partial charge in [-0.2, -0.15) is 8.42 Å². The van der Waals surface area contributed by atoms with E-state index in [0.717, 1.165) is 0 Å². The molecule has 0 aliphatic carbocycles. The van der Waals surface area contributed by atoms with Gasteiger partial charge in [-0.15, -0.1) is 0 Å². The Morgan fingerprint density at radius 2 is 1.57 bits per heavy atom. The van der Waals surface area contributed by atoms with Crippen LogP contribution in [0.5, 0.6) is 0 Å². The summed E-state index contributed by atoms with van der Waals surface area (Å²) in [6, 6.07) is 0.298. The molecule has 0 fully saturated rings. The molecule has 0 N–H and O–H groups in total. The summed E-state index contributed by atoms with van der Waals surface area (Å²) in [4.78, 5) is -1.09. The van der Waals surface area contributed by atoms with Crippen molar-refractivity contribution >= 4 is 10.1 Å². The van der Waals surface area contributed by atoms with Crippen LogP contribution in [0, 0.1) is 24.6 Å². The standard InChI is InChI=1S/C7H4F3O3S/c1-13-14(11,12)7-3-5(9)4(8)2-6(7)10/h2-3H,1H2. The second-order valence-corrected chi connectivity index (χ2v) is 3.85. The molecule has 0 amide bonds. The van der Waals surface area contributed by atoms with E-state index in [1.54, 1.807) is 0 Å². The Hall–Kier alpha value is -1.08. The van der Waals surface area contributed by atoms with Crippen molar-refractivity contribution in [3.8, 4) is 0 Å². The minimum absolute atomic E-state index is 0.112. The monoisotopic (exact) mass is 225 g/mol. The summed E-state index contributed by atoms with van der Waals surface area (Å²) in [5.74, 6) is -4.40. The Balaban J connectivity index is 3.45. The van der Waals surface area contributed by atoms with Gasteiger partial charge in [0.15, 0.2) is 11.6 Å². The van der Waals surface area contributed by atoms with Crippen molar-refractivity contribution in [1.29, 1.82) is 0 Å². The zero-order valence-electron chi connectivity index (χ0n) is 6.63. The third-order valence-corrected chi connectivity index (χ3v) is 2.56. The molecule has 0 heterocycles. The van der Waals surface area contributed by atoms with Crippen LogP contribution in [-0.2, 0) is 14.3 Å². The Labute approximate surface area is 78.2 Å². The summed E-state index contributed by atoms with van der Waals surface area (Å²) in [5, 5.41) is 0. The number of hydrogen-bond donors (Lipinski definition) is 0. The maximum Gasteiger partial charge on any atom is 0.300 e. The molecule has 1 aromatic carbocycles. The van der Waals surface area contributed by atoms with E-state index in [0.29, 0.717) is 0 Å². The molecule has 0 aliphatic heterocycles. The summed E-state index contributed by atoms with van der Waals surface area (Å²) >= 11 is 0. The molecule has 3 nitrogen and oxygen atoms in total. The van der Waals surface area contributed by atoms with Crippen molar-refractivity contribution in [2.75, 3.05) is 0 Å². The van der Waals surface area contributed by atoms with Crippen molar-refractivity contribution in [1.82, 2.24) is 0 Å². The van der Waals surface area contributed by atoms with Gasteiger partial charge < -0.3 is 0 Å². The van der Waals surface area contributed by atoms with Crippen LogP contribution in [0.1, 0.15) is 0 Å². The highest BCUT2D eigenvalue weighted by atomic mass is 32.2. The van der Waals surface area contributed by atoms with Gasteiger partial charge in [-0.05, 0) is 0 Å². The molecule has 0 saturated heterocycles. The zero-order valence-corrected chi connectivity index (χ0v) is 7.45. The Morgan fingerprint density at radius 1 is 1.07 bits per heavy atom.